The van der Waals surface area contributed by atoms with Crippen molar-refractivity contribution >= 4 is 17.3 Å². The molecule has 0 spiro atoms. The maximum atomic E-state index is 11.2. The van der Waals surface area contributed by atoms with E-state index in [1.54, 1.807) is 6.07 Å². The van der Waals surface area contributed by atoms with E-state index < -0.39 is 10.9 Å². The molecule has 6 nitrogen and oxygen atoms in total. The summed E-state index contributed by atoms with van der Waals surface area (Å²) in [6, 6.07) is 4.49. The Labute approximate surface area is 124 Å². The van der Waals surface area contributed by atoms with E-state index in [9.17, 15) is 14.9 Å². The summed E-state index contributed by atoms with van der Waals surface area (Å²) >= 11 is 0. The maximum absolute atomic E-state index is 11.2. The summed E-state index contributed by atoms with van der Waals surface area (Å²) in [5, 5.41) is 20.0. The lowest BCUT2D eigenvalue weighted by atomic mass is 10.1. The zero-order chi connectivity index (χ0) is 16.0. The van der Waals surface area contributed by atoms with Crippen LogP contribution in [0.5, 0.6) is 0 Å². The van der Waals surface area contributed by atoms with Crippen LogP contribution < -0.4 is 4.90 Å². The Bertz CT molecular complexity index is 514. The molecule has 0 heterocycles. The number of nitro groups is 1. The summed E-state index contributed by atoms with van der Waals surface area (Å²) in [6.45, 7) is 6.97. The predicted octanol–water partition coefficient (Wildman–Crippen LogP) is 3.70. The van der Waals surface area contributed by atoms with Crippen molar-refractivity contribution in [3.05, 3.63) is 33.9 Å². The lowest BCUT2D eigenvalue weighted by Gasteiger charge is -2.29. The zero-order valence-electron chi connectivity index (χ0n) is 12.7. The van der Waals surface area contributed by atoms with Gasteiger partial charge in [-0.25, -0.2) is 4.79 Å². The van der Waals surface area contributed by atoms with Gasteiger partial charge in [0.05, 0.1) is 4.92 Å². The molecule has 0 saturated heterocycles. The Kier molecular flexibility index (Phi) is 6.14. The number of rotatable bonds is 8. The van der Waals surface area contributed by atoms with E-state index in [0.29, 0.717) is 5.69 Å². The van der Waals surface area contributed by atoms with E-state index in [0.717, 1.165) is 25.8 Å². The standard InChI is InChI=1S/C15H22N2O4/c1-4-5-6-9-16(11(2)3)12-7-8-14(17(20)21)13(10-12)15(18)19/h7-8,10-11H,4-6,9H2,1-3H3,(H,18,19). The number of carbonyl (C=O) groups is 1. The fourth-order valence-corrected chi connectivity index (χ4v) is 2.25. The smallest absolute Gasteiger partial charge is 0.342 e. The van der Waals surface area contributed by atoms with Crippen LogP contribution in [0.25, 0.3) is 0 Å². The van der Waals surface area contributed by atoms with E-state index in [1.807, 2.05) is 13.8 Å². The molecule has 21 heavy (non-hydrogen) atoms. The summed E-state index contributed by atoms with van der Waals surface area (Å²) in [6.07, 6.45) is 3.21. The second-order valence-electron chi connectivity index (χ2n) is 5.26. The Morgan fingerprint density at radius 3 is 2.52 bits per heavy atom. The van der Waals surface area contributed by atoms with Crippen LogP contribution in [0, 0.1) is 10.1 Å². The normalized spacial score (nSPS) is 10.7. The summed E-state index contributed by atoms with van der Waals surface area (Å²) in [5.74, 6) is -1.28. The quantitative estimate of drug-likeness (QED) is 0.449. The minimum absolute atomic E-state index is 0.199. The van der Waals surface area contributed by atoms with Gasteiger partial charge in [-0.05, 0) is 32.4 Å². The van der Waals surface area contributed by atoms with Gasteiger partial charge in [0.15, 0.2) is 0 Å². The van der Waals surface area contributed by atoms with E-state index in [2.05, 4.69) is 11.8 Å². The number of aromatic carboxylic acids is 1. The first-order valence-electron chi connectivity index (χ1n) is 7.16. The van der Waals surface area contributed by atoms with Crippen molar-refractivity contribution in [2.45, 2.75) is 46.1 Å². The van der Waals surface area contributed by atoms with Crippen LogP contribution in [-0.2, 0) is 0 Å². The third-order valence-electron chi connectivity index (χ3n) is 3.36. The van der Waals surface area contributed by atoms with E-state index in [4.69, 9.17) is 5.11 Å². The van der Waals surface area contributed by atoms with Gasteiger partial charge in [-0.15, -0.1) is 0 Å². The Morgan fingerprint density at radius 1 is 1.38 bits per heavy atom. The molecular weight excluding hydrogens is 272 g/mol. The van der Waals surface area contributed by atoms with Crippen LogP contribution in [0.1, 0.15) is 50.4 Å². The van der Waals surface area contributed by atoms with E-state index in [1.165, 1.54) is 12.1 Å². The number of carboxylic acids is 1. The average Bonchev–Trinajstić information content (AvgIpc) is 2.42. The third kappa shape index (κ3) is 4.44. The largest absolute Gasteiger partial charge is 0.477 e. The van der Waals surface area contributed by atoms with Crippen molar-refractivity contribution in [3.63, 3.8) is 0 Å². The molecule has 0 aliphatic carbocycles. The first kappa shape index (κ1) is 16.9. The van der Waals surface area contributed by atoms with Crippen LogP contribution in [0.2, 0.25) is 0 Å². The summed E-state index contributed by atoms with van der Waals surface area (Å²) in [7, 11) is 0. The lowest BCUT2D eigenvalue weighted by molar-refractivity contribution is -0.385. The second kappa shape index (κ2) is 7.61. The fourth-order valence-electron chi connectivity index (χ4n) is 2.25. The Hall–Kier alpha value is -2.11. The molecule has 0 aromatic heterocycles. The van der Waals surface area contributed by atoms with Crippen molar-refractivity contribution in [1.82, 2.24) is 0 Å². The molecule has 0 aliphatic heterocycles. The van der Waals surface area contributed by atoms with Crippen LogP contribution in [0.3, 0.4) is 0 Å². The molecule has 0 atom stereocenters. The molecule has 0 bridgehead atoms. The maximum Gasteiger partial charge on any atom is 0.342 e. The molecule has 1 aromatic carbocycles. The van der Waals surface area contributed by atoms with Gasteiger partial charge in [-0.3, -0.25) is 10.1 Å². The molecule has 0 amide bonds. The summed E-state index contributed by atoms with van der Waals surface area (Å²) < 4.78 is 0. The number of nitrogens with zero attached hydrogens (tertiary/aromatic N) is 2. The number of hydrogen-bond donors (Lipinski definition) is 1. The first-order valence-corrected chi connectivity index (χ1v) is 7.16. The van der Waals surface area contributed by atoms with Crippen molar-refractivity contribution in [3.8, 4) is 0 Å². The van der Waals surface area contributed by atoms with Crippen molar-refractivity contribution in [2.75, 3.05) is 11.4 Å². The number of hydrogen-bond acceptors (Lipinski definition) is 4. The highest BCUT2D eigenvalue weighted by Crippen LogP contribution is 2.26. The van der Waals surface area contributed by atoms with Crippen LogP contribution in [0.15, 0.2) is 18.2 Å². The van der Waals surface area contributed by atoms with Gasteiger partial charge in [0.1, 0.15) is 5.56 Å². The number of anilines is 1. The molecule has 0 unspecified atom stereocenters. The molecule has 6 heteroatoms. The third-order valence-corrected chi connectivity index (χ3v) is 3.36. The van der Waals surface area contributed by atoms with Gasteiger partial charge >= 0.3 is 5.97 Å². The summed E-state index contributed by atoms with van der Waals surface area (Å²) in [5.41, 5.74) is 0.0752. The molecule has 0 fully saturated rings. The van der Waals surface area contributed by atoms with Crippen molar-refractivity contribution < 1.29 is 14.8 Å². The van der Waals surface area contributed by atoms with Crippen LogP contribution in [-0.4, -0.2) is 28.6 Å². The van der Waals surface area contributed by atoms with E-state index >= 15 is 0 Å². The molecule has 1 aromatic rings. The zero-order valence-corrected chi connectivity index (χ0v) is 12.7. The Balaban J connectivity index is 3.12. The summed E-state index contributed by atoms with van der Waals surface area (Å²) in [4.78, 5) is 23.5. The van der Waals surface area contributed by atoms with Crippen molar-refractivity contribution in [1.29, 1.82) is 0 Å². The van der Waals surface area contributed by atoms with Gasteiger partial charge < -0.3 is 10.0 Å². The number of benzene rings is 1. The predicted molar refractivity (Wildman–Crippen MR) is 82.1 cm³/mol. The molecular formula is C15H22N2O4. The fraction of sp³-hybridized carbons (Fsp3) is 0.533. The number of nitro benzene ring substituents is 1. The Morgan fingerprint density at radius 2 is 2.05 bits per heavy atom. The van der Waals surface area contributed by atoms with Gasteiger partial charge in [0.25, 0.3) is 5.69 Å². The highest BCUT2D eigenvalue weighted by atomic mass is 16.6. The lowest BCUT2D eigenvalue weighted by Crippen LogP contribution is -2.31. The second-order valence-corrected chi connectivity index (χ2v) is 5.26. The van der Waals surface area contributed by atoms with Gasteiger partial charge in [0.2, 0.25) is 0 Å². The molecule has 1 N–H and O–H groups in total. The monoisotopic (exact) mass is 294 g/mol. The van der Waals surface area contributed by atoms with Crippen molar-refractivity contribution in [2.24, 2.45) is 0 Å². The van der Waals surface area contributed by atoms with E-state index in [-0.39, 0.29) is 17.3 Å². The highest BCUT2D eigenvalue weighted by Gasteiger charge is 2.22. The molecule has 1 rings (SSSR count). The molecule has 0 radical (unpaired) electrons. The van der Waals surface area contributed by atoms with Gasteiger partial charge in [-0.1, -0.05) is 19.8 Å². The van der Waals surface area contributed by atoms with Crippen LogP contribution in [0.4, 0.5) is 11.4 Å². The highest BCUT2D eigenvalue weighted by molar-refractivity contribution is 5.93. The minimum atomic E-state index is -1.28. The van der Waals surface area contributed by atoms with Gasteiger partial charge in [-0.2, -0.15) is 0 Å². The molecule has 0 aliphatic rings. The molecule has 0 saturated carbocycles. The number of unbranched alkanes of at least 4 members (excludes halogenated alkanes) is 2. The first-order chi connectivity index (χ1) is 9.88. The minimum Gasteiger partial charge on any atom is -0.477 e. The molecule has 116 valence electrons. The topological polar surface area (TPSA) is 83.7 Å². The SMILES string of the molecule is CCCCCN(c1ccc([N+](=O)[O-])c(C(=O)O)c1)C(C)C. The number of carboxylic acid groups (broad SMARTS) is 1. The van der Waals surface area contributed by atoms with Gasteiger partial charge in [0, 0.05) is 24.3 Å². The van der Waals surface area contributed by atoms with Crippen LogP contribution >= 0.6 is 0 Å². The average molecular weight is 294 g/mol.